The zero-order valence-corrected chi connectivity index (χ0v) is 12.1. The van der Waals surface area contributed by atoms with Gasteiger partial charge in [0.15, 0.2) is 5.03 Å². The van der Waals surface area contributed by atoms with Crippen molar-refractivity contribution >= 4 is 10.0 Å². The molecule has 6 nitrogen and oxygen atoms in total. The van der Waals surface area contributed by atoms with Crippen molar-refractivity contribution in [3.05, 3.63) is 12.0 Å². The third-order valence-corrected chi connectivity index (χ3v) is 3.16. The lowest BCUT2D eigenvalue weighted by Crippen LogP contribution is -2.13. The molecule has 0 bridgehead atoms. The number of nitrogens with zero attached hydrogens (tertiary/aromatic N) is 2. The summed E-state index contributed by atoms with van der Waals surface area (Å²) in [7, 11) is -3.75. The van der Waals surface area contributed by atoms with E-state index in [1.807, 2.05) is 27.7 Å². The summed E-state index contributed by atoms with van der Waals surface area (Å²) >= 11 is 0. The highest BCUT2D eigenvalue weighted by Crippen LogP contribution is 2.16. The summed E-state index contributed by atoms with van der Waals surface area (Å²) in [5, 5.41) is 4.99. The third kappa shape index (κ3) is 4.08. The summed E-state index contributed by atoms with van der Waals surface area (Å²) in [5.74, 6) is 0.825. The highest BCUT2D eigenvalue weighted by Gasteiger charge is 2.18. The lowest BCUT2D eigenvalue weighted by atomic mass is 10.2. The maximum Gasteiger partial charge on any atom is 0.257 e. The van der Waals surface area contributed by atoms with Crippen LogP contribution >= 0.6 is 0 Å². The molecular formula is C11H21N3O3S. The fourth-order valence-corrected chi connectivity index (χ4v) is 2.06. The van der Waals surface area contributed by atoms with Gasteiger partial charge in [0.1, 0.15) is 5.82 Å². The third-order valence-electron chi connectivity index (χ3n) is 2.38. The number of hydrogen-bond acceptors (Lipinski definition) is 4. The second-order valence-corrected chi connectivity index (χ2v) is 6.26. The molecule has 0 aliphatic heterocycles. The van der Waals surface area contributed by atoms with Gasteiger partial charge in [0, 0.05) is 18.7 Å². The van der Waals surface area contributed by atoms with Gasteiger partial charge >= 0.3 is 0 Å². The van der Waals surface area contributed by atoms with Crippen molar-refractivity contribution < 1.29 is 13.2 Å². The van der Waals surface area contributed by atoms with E-state index in [2.05, 4.69) is 4.98 Å². The second-order valence-electron chi connectivity index (χ2n) is 4.75. The van der Waals surface area contributed by atoms with Gasteiger partial charge in [-0.1, -0.05) is 13.8 Å². The summed E-state index contributed by atoms with van der Waals surface area (Å²) in [6.45, 7) is 8.89. The quantitative estimate of drug-likeness (QED) is 0.841. The van der Waals surface area contributed by atoms with E-state index in [9.17, 15) is 8.42 Å². The Morgan fingerprint density at radius 1 is 1.39 bits per heavy atom. The second kappa shape index (κ2) is 5.81. The normalized spacial score (nSPS) is 12.6. The molecule has 1 aromatic heterocycles. The van der Waals surface area contributed by atoms with Gasteiger partial charge in [-0.2, -0.15) is 0 Å². The van der Waals surface area contributed by atoms with Crippen LogP contribution in [0.5, 0.6) is 0 Å². The molecule has 1 aromatic rings. The summed E-state index contributed by atoms with van der Waals surface area (Å²) < 4.78 is 29.8. The van der Waals surface area contributed by atoms with Gasteiger partial charge in [0.05, 0.1) is 12.7 Å². The van der Waals surface area contributed by atoms with Crippen LogP contribution in [-0.2, 0) is 21.3 Å². The van der Waals surface area contributed by atoms with Crippen LogP contribution in [0.25, 0.3) is 0 Å². The molecule has 0 aromatic carbocycles. The van der Waals surface area contributed by atoms with Crippen LogP contribution in [0.3, 0.4) is 0 Å². The Balaban J connectivity index is 2.92. The van der Waals surface area contributed by atoms with E-state index in [1.54, 1.807) is 4.57 Å². The summed E-state index contributed by atoms with van der Waals surface area (Å²) in [6, 6.07) is 0. The maximum atomic E-state index is 11.3. The average molecular weight is 275 g/mol. The van der Waals surface area contributed by atoms with E-state index in [-0.39, 0.29) is 17.0 Å². The highest BCUT2D eigenvalue weighted by molar-refractivity contribution is 7.89. The Hall–Kier alpha value is -0.920. The van der Waals surface area contributed by atoms with Crippen molar-refractivity contribution in [2.24, 2.45) is 5.14 Å². The molecule has 2 N–H and O–H groups in total. The van der Waals surface area contributed by atoms with Gasteiger partial charge in [-0.05, 0) is 13.8 Å². The molecule has 0 amide bonds. The lowest BCUT2D eigenvalue weighted by Gasteiger charge is -2.11. The monoisotopic (exact) mass is 275 g/mol. The molecule has 0 unspecified atom stereocenters. The van der Waals surface area contributed by atoms with Crippen molar-refractivity contribution in [3.63, 3.8) is 0 Å². The topological polar surface area (TPSA) is 87.2 Å². The van der Waals surface area contributed by atoms with Gasteiger partial charge in [-0.3, -0.25) is 0 Å². The van der Waals surface area contributed by atoms with Crippen LogP contribution in [0.2, 0.25) is 0 Å². The average Bonchev–Trinajstić information content (AvgIpc) is 2.60. The zero-order chi connectivity index (χ0) is 13.9. The number of sulfonamides is 1. The van der Waals surface area contributed by atoms with E-state index in [0.29, 0.717) is 19.0 Å². The maximum absolute atomic E-state index is 11.3. The van der Waals surface area contributed by atoms with E-state index in [0.717, 1.165) is 0 Å². The van der Waals surface area contributed by atoms with Crippen LogP contribution in [0.4, 0.5) is 0 Å². The molecule has 1 heterocycles. The summed E-state index contributed by atoms with van der Waals surface area (Å²) in [4.78, 5) is 4.07. The smallest absolute Gasteiger partial charge is 0.257 e. The SMILES string of the molecule is CC(C)OCCn1cc(S(N)(=O)=O)nc1C(C)C. The zero-order valence-electron chi connectivity index (χ0n) is 11.3. The molecule has 0 aliphatic rings. The first-order chi connectivity index (χ1) is 8.21. The van der Waals surface area contributed by atoms with E-state index >= 15 is 0 Å². The number of rotatable bonds is 6. The predicted molar refractivity (Wildman–Crippen MR) is 68.8 cm³/mol. The van der Waals surface area contributed by atoms with Crippen LogP contribution in [0, 0.1) is 0 Å². The Morgan fingerprint density at radius 2 is 2.00 bits per heavy atom. The Labute approximate surface area is 108 Å². The number of aromatic nitrogens is 2. The molecule has 0 saturated carbocycles. The molecule has 104 valence electrons. The molecular weight excluding hydrogens is 254 g/mol. The number of ether oxygens (including phenoxy) is 1. The standard InChI is InChI=1S/C11H21N3O3S/c1-8(2)11-13-10(18(12,15)16)7-14(11)5-6-17-9(3)4/h7-9H,5-6H2,1-4H3,(H2,12,15,16). The molecule has 18 heavy (non-hydrogen) atoms. The molecule has 0 radical (unpaired) electrons. The van der Waals surface area contributed by atoms with Crippen LogP contribution in [0.1, 0.15) is 39.4 Å². The van der Waals surface area contributed by atoms with E-state index in [1.165, 1.54) is 6.20 Å². The van der Waals surface area contributed by atoms with E-state index in [4.69, 9.17) is 9.88 Å². The number of hydrogen-bond donors (Lipinski definition) is 1. The van der Waals surface area contributed by atoms with Crippen LogP contribution in [-0.4, -0.2) is 30.7 Å². The van der Waals surface area contributed by atoms with Gasteiger partial charge in [0.2, 0.25) is 0 Å². The molecule has 1 rings (SSSR count). The molecule has 0 spiro atoms. The minimum atomic E-state index is -3.75. The Morgan fingerprint density at radius 3 is 2.44 bits per heavy atom. The minimum absolute atomic E-state index is 0.0873. The van der Waals surface area contributed by atoms with Crippen molar-refractivity contribution in [3.8, 4) is 0 Å². The first kappa shape index (κ1) is 15.1. The fraction of sp³-hybridized carbons (Fsp3) is 0.727. The first-order valence-electron chi connectivity index (χ1n) is 5.93. The van der Waals surface area contributed by atoms with Crippen LogP contribution in [0.15, 0.2) is 11.2 Å². The van der Waals surface area contributed by atoms with E-state index < -0.39 is 10.0 Å². The lowest BCUT2D eigenvalue weighted by molar-refractivity contribution is 0.0722. The Kier molecular flexibility index (Phi) is 4.89. The van der Waals surface area contributed by atoms with Gasteiger partial charge in [-0.15, -0.1) is 0 Å². The minimum Gasteiger partial charge on any atom is -0.377 e. The van der Waals surface area contributed by atoms with Crippen molar-refractivity contribution in [2.75, 3.05) is 6.61 Å². The summed E-state index contributed by atoms with van der Waals surface area (Å²) in [5.41, 5.74) is 0. The highest BCUT2D eigenvalue weighted by atomic mass is 32.2. The summed E-state index contributed by atoms with van der Waals surface area (Å²) in [6.07, 6.45) is 1.61. The molecule has 0 saturated heterocycles. The number of nitrogens with two attached hydrogens (primary N) is 1. The molecule has 7 heteroatoms. The predicted octanol–water partition coefficient (Wildman–Crippen LogP) is 1.08. The number of primary sulfonamides is 1. The van der Waals surface area contributed by atoms with Crippen LogP contribution < -0.4 is 5.14 Å². The van der Waals surface area contributed by atoms with Crippen molar-refractivity contribution in [2.45, 2.75) is 51.3 Å². The van der Waals surface area contributed by atoms with Crippen molar-refractivity contribution in [1.29, 1.82) is 0 Å². The number of imidazole rings is 1. The van der Waals surface area contributed by atoms with Crippen molar-refractivity contribution in [1.82, 2.24) is 9.55 Å². The molecule has 0 atom stereocenters. The van der Waals surface area contributed by atoms with Gasteiger partial charge < -0.3 is 9.30 Å². The molecule has 0 aliphatic carbocycles. The molecule has 0 fully saturated rings. The van der Waals surface area contributed by atoms with Gasteiger partial charge in [-0.25, -0.2) is 18.5 Å². The van der Waals surface area contributed by atoms with Gasteiger partial charge in [0.25, 0.3) is 10.0 Å². The Bertz CT molecular complexity index is 492. The first-order valence-corrected chi connectivity index (χ1v) is 7.48. The largest absolute Gasteiger partial charge is 0.377 e. The fourth-order valence-electron chi connectivity index (χ4n) is 1.57.